The highest BCUT2D eigenvalue weighted by Gasteiger charge is 2.27. The number of aromatic nitrogens is 2. The molecule has 0 N–H and O–H groups in total. The number of piperazine rings is 1. The lowest BCUT2D eigenvalue weighted by Gasteiger charge is -2.35. The highest BCUT2D eigenvalue weighted by Crippen LogP contribution is 2.28. The van der Waals surface area contributed by atoms with Crippen molar-refractivity contribution in [2.45, 2.75) is 13.0 Å². The van der Waals surface area contributed by atoms with Crippen LogP contribution in [0.3, 0.4) is 0 Å². The predicted octanol–water partition coefficient (Wildman–Crippen LogP) is 2.90. The normalized spacial score (nSPS) is 15.8. The lowest BCUT2D eigenvalue weighted by molar-refractivity contribution is -0.138. The second-order valence-electron chi connectivity index (χ2n) is 5.70. The van der Waals surface area contributed by atoms with E-state index in [0.717, 1.165) is 0 Å². The minimum absolute atomic E-state index is 0.0790. The van der Waals surface area contributed by atoms with Crippen molar-refractivity contribution in [3.8, 4) is 5.75 Å². The Morgan fingerprint density at radius 1 is 1.16 bits per heavy atom. The van der Waals surface area contributed by atoms with Crippen molar-refractivity contribution < 1.29 is 9.53 Å². The number of hydrogen-bond donors (Lipinski definition) is 0. The van der Waals surface area contributed by atoms with Crippen molar-refractivity contribution in [1.29, 1.82) is 0 Å². The largest absolute Gasteiger partial charge is 0.479 e. The van der Waals surface area contributed by atoms with E-state index >= 15 is 0 Å². The Bertz CT molecular complexity index is 737. The Morgan fingerprint density at radius 2 is 1.84 bits per heavy atom. The van der Waals surface area contributed by atoms with Gasteiger partial charge in [-0.05, 0) is 25.1 Å². The van der Waals surface area contributed by atoms with Gasteiger partial charge in [0.2, 0.25) is 5.95 Å². The van der Waals surface area contributed by atoms with Gasteiger partial charge in [0, 0.05) is 49.7 Å². The van der Waals surface area contributed by atoms with E-state index in [1.165, 1.54) is 0 Å². The summed E-state index contributed by atoms with van der Waals surface area (Å²) in [5.74, 6) is 1.01. The van der Waals surface area contributed by atoms with E-state index in [0.29, 0.717) is 47.9 Å². The van der Waals surface area contributed by atoms with Crippen LogP contribution in [0.25, 0.3) is 0 Å². The number of amides is 1. The number of benzene rings is 1. The van der Waals surface area contributed by atoms with E-state index < -0.39 is 6.10 Å². The van der Waals surface area contributed by atoms with Gasteiger partial charge >= 0.3 is 0 Å². The van der Waals surface area contributed by atoms with E-state index in [9.17, 15) is 4.79 Å². The second kappa shape index (κ2) is 7.89. The summed E-state index contributed by atoms with van der Waals surface area (Å²) in [6.07, 6.45) is 2.78. The Hall–Kier alpha value is -2.05. The first-order valence-corrected chi connectivity index (χ1v) is 8.72. The Balaban J connectivity index is 1.57. The molecule has 2 heterocycles. The maximum absolute atomic E-state index is 12.6. The van der Waals surface area contributed by atoms with Gasteiger partial charge in [-0.25, -0.2) is 9.97 Å². The summed E-state index contributed by atoms with van der Waals surface area (Å²) < 4.78 is 5.71. The van der Waals surface area contributed by atoms with E-state index in [-0.39, 0.29) is 5.91 Å². The standard InChI is InChI=1S/C17H18Cl2N4O2/c1-12(25-15-11-13(18)3-4-14(15)19)16(24)22-7-9-23(10-8-22)17-20-5-2-6-21-17/h2-6,11-12H,7-10H2,1H3/t12-/m0/s1. The molecule has 0 radical (unpaired) electrons. The molecule has 1 fully saturated rings. The van der Waals surface area contributed by atoms with E-state index in [1.807, 2.05) is 0 Å². The van der Waals surface area contributed by atoms with Gasteiger partial charge in [-0.2, -0.15) is 0 Å². The van der Waals surface area contributed by atoms with Crippen LogP contribution in [0, 0.1) is 0 Å². The fourth-order valence-corrected chi connectivity index (χ4v) is 2.97. The third kappa shape index (κ3) is 4.32. The Kier molecular flexibility index (Phi) is 5.60. The summed E-state index contributed by atoms with van der Waals surface area (Å²) in [4.78, 5) is 24.9. The van der Waals surface area contributed by atoms with Crippen LogP contribution < -0.4 is 9.64 Å². The molecule has 1 aromatic heterocycles. The van der Waals surface area contributed by atoms with Gasteiger partial charge in [0.15, 0.2) is 6.10 Å². The molecule has 1 aromatic carbocycles. The first-order valence-electron chi connectivity index (χ1n) is 7.97. The number of rotatable bonds is 4. The van der Waals surface area contributed by atoms with Gasteiger partial charge in [-0.15, -0.1) is 0 Å². The van der Waals surface area contributed by atoms with Crippen molar-refractivity contribution in [3.63, 3.8) is 0 Å². The molecule has 3 rings (SSSR count). The first-order chi connectivity index (χ1) is 12.0. The van der Waals surface area contributed by atoms with Crippen molar-refractivity contribution in [2.24, 2.45) is 0 Å². The molecule has 1 amide bonds. The predicted molar refractivity (Wildman–Crippen MR) is 97.4 cm³/mol. The van der Waals surface area contributed by atoms with E-state index in [2.05, 4.69) is 14.9 Å². The first kappa shape index (κ1) is 17.8. The second-order valence-corrected chi connectivity index (χ2v) is 6.54. The molecule has 25 heavy (non-hydrogen) atoms. The summed E-state index contributed by atoms with van der Waals surface area (Å²) in [5.41, 5.74) is 0. The highest BCUT2D eigenvalue weighted by atomic mass is 35.5. The monoisotopic (exact) mass is 380 g/mol. The third-order valence-corrected chi connectivity index (χ3v) is 4.52. The zero-order valence-electron chi connectivity index (χ0n) is 13.7. The number of halogens is 2. The average Bonchev–Trinajstić information content (AvgIpc) is 2.65. The SMILES string of the molecule is C[C@H](Oc1cc(Cl)ccc1Cl)C(=O)N1CCN(c2ncccn2)CC1. The van der Waals surface area contributed by atoms with Crippen LogP contribution in [-0.4, -0.2) is 53.1 Å². The number of anilines is 1. The number of carbonyl (C=O) groups excluding carboxylic acids is 1. The lowest BCUT2D eigenvalue weighted by Crippen LogP contribution is -2.52. The molecular weight excluding hydrogens is 363 g/mol. The summed E-state index contributed by atoms with van der Waals surface area (Å²) in [6.45, 7) is 4.26. The summed E-state index contributed by atoms with van der Waals surface area (Å²) in [6, 6.07) is 6.71. The molecule has 0 unspecified atom stereocenters. The maximum Gasteiger partial charge on any atom is 0.263 e. The van der Waals surface area contributed by atoms with E-state index in [4.69, 9.17) is 27.9 Å². The Labute approximate surface area is 156 Å². The summed E-state index contributed by atoms with van der Waals surface area (Å²) in [7, 11) is 0. The molecule has 0 spiro atoms. The van der Waals surface area contributed by atoms with Crippen LogP contribution in [0.2, 0.25) is 10.0 Å². The number of ether oxygens (including phenoxy) is 1. The van der Waals surface area contributed by atoms with Crippen LogP contribution in [0.15, 0.2) is 36.7 Å². The van der Waals surface area contributed by atoms with Gasteiger partial charge in [0.25, 0.3) is 5.91 Å². The molecule has 1 saturated heterocycles. The number of carbonyl (C=O) groups is 1. The minimum Gasteiger partial charge on any atom is -0.479 e. The van der Waals surface area contributed by atoms with Gasteiger partial charge in [-0.1, -0.05) is 23.2 Å². The highest BCUT2D eigenvalue weighted by molar-refractivity contribution is 6.34. The van der Waals surface area contributed by atoms with Crippen molar-refractivity contribution >= 4 is 35.1 Å². The molecule has 0 saturated carbocycles. The molecule has 8 heteroatoms. The molecule has 1 atom stereocenters. The van der Waals surface area contributed by atoms with Crippen molar-refractivity contribution in [1.82, 2.24) is 14.9 Å². The molecule has 2 aromatic rings. The van der Waals surface area contributed by atoms with E-state index in [1.54, 1.807) is 48.5 Å². The van der Waals surface area contributed by atoms with Gasteiger partial charge in [-0.3, -0.25) is 4.79 Å². The third-order valence-electron chi connectivity index (χ3n) is 3.97. The molecule has 1 aliphatic heterocycles. The minimum atomic E-state index is -0.643. The molecule has 1 aliphatic rings. The molecule has 0 aliphatic carbocycles. The fourth-order valence-electron chi connectivity index (χ4n) is 2.65. The summed E-state index contributed by atoms with van der Waals surface area (Å²) in [5, 5.41) is 0.936. The van der Waals surface area contributed by atoms with Crippen LogP contribution in [0.4, 0.5) is 5.95 Å². The quantitative estimate of drug-likeness (QED) is 0.815. The van der Waals surface area contributed by atoms with Gasteiger partial charge in [0.05, 0.1) is 5.02 Å². The average molecular weight is 381 g/mol. The number of hydrogen-bond acceptors (Lipinski definition) is 5. The lowest BCUT2D eigenvalue weighted by atomic mass is 10.2. The topological polar surface area (TPSA) is 58.6 Å². The zero-order valence-corrected chi connectivity index (χ0v) is 15.2. The molecule has 0 bridgehead atoms. The van der Waals surface area contributed by atoms with Crippen LogP contribution in [-0.2, 0) is 4.79 Å². The fraction of sp³-hybridized carbons (Fsp3) is 0.353. The Morgan fingerprint density at radius 3 is 2.52 bits per heavy atom. The van der Waals surface area contributed by atoms with Crippen molar-refractivity contribution in [3.05, 3.63) is 46.7 Å². The number of nitrogens with zero attached hydrogens (tertiary/aromatic N) is 4. The van der Waals surface area contributed by atoms with Crippen LogP contribution in [0.5, 0.6) is 5.75 Å². The van der Waals surface area contributed by atoms with Crippen LogP contribution in [0.1, 0.15) is 6.92 Å². The molecular formula is C17H18Cl2N4O2. The smallest absolute Gasteiger partial charge is 0.263 e. The van der Waals surface area contributed by atoms with Crippen molar-refractivity contribution in [2.75, 3.05) is 31.1 Å². The zero-order chi connectivity index (χ0) is 17.8. The molecule has 6 nitrogen and oxygen atoms in total. The maximum atomic E-state index is 12.6. The van der Waals surface area contributed by atoms with Gasteiger partial charge in [0.1, 0.15) is 5.75 Å². The molecule has 132 valence electrons. The summed E-state index contributed by atoms with van der Waals surface area (Å²) >= 11 is 12.0. The van der Waals surface area contributed by atoms with Crippen LogP contribution >= 0.6 is 23.2 Å². The van der Waals surface area contributed by atoms with Gasteiger partial charge < -0.3 is 14.5 Å².